The standard InChI is InChI=1S/2C27H33.2CH3.2ClH.H2Si.Zr/c2*1-2-16-27(17-9-4-3-5-10-18-27)21-22-19-24-14-11-15-25(26(24)20-22)23-12-7-6-8-13-23;;;;;;/h2*6-8,11-15,19-20H,2-5,9-10,16-18,21H2,1H3;2*1H3;2*1H;1H2;. The molecule has 4 heteroatoms. The van der Waals surface area contributed by atoms with Gasteiger partial charge in [0.15, 0.2) is 0 Å². The van der Waals surface area contributed by atoms with Crippen molar-refractivity contribution in [2.45, 2.75) is 159 Å². The molecule has 2 saturated carbocycles. The third-order valence-electron chi connectivity index (χ3n) is 15.9. The van der Waals surface area contributed by atoms with Gasteiger partial charge in [0.05, 0.1) is 0 Å². The summed E-state index contributed by atoms with van der Waals surface area (Å²) < 4.78 is 6.97. The van der Waals surface area contributed by atoms with Gasteiger partial charge in [0.2, 0.25) is 0 Å². The van der Waals surface area contributed by atoms with Crippen LogP contribution >= 0.6 is 24.8 Å². The minimum absolute atomic E-state index is 0. The van der Waals surface area contributed by atoms with Crippen LogP contribution < -0.4 is 0 Å². The van der Waals surface area contributed by atoms with Crippen LogP contribution in [0.3, 0.4) is 0 Å². The van der Waals surface area contributed by atoms with Gasteiger partial charge in [-0.1, -0.05) is 0 Å². The number of rotatable bonds is 12. The second kappa shape index (κ2) is 20.3. The van der Waals surface area contributed by atoms with E-state index < -0.39 is 17.4 Å². The molecule has 2 atom stereocenters. The number of hydrogen-bond donors (Lipinski definition) is 0. The fourth-order valence-electron chi connectivity index (χ4n) is 13.6. The van der Waals surface area contributed by atoms with Gasteiger partial charge in [0.1, 0.15) is 0 Å². The fraction of sp³-hybridized carbons (Fsp3) is 0.500. The molecule has 2 fully saturated rings. The average Bonchev–Trinajstić information content (AvgIpc) is 3.78. The molecular formula is C56H76Cl2SiZr. The molecule has 4 aliphatic carbocycles. The van der Waals surface area contributed by atoms with Crippen LogP contribution in [-0.2, 0) is 17.4 Å². The van der Waals surface area contributed by atoms with E-state index in [2.05, 4.69) is 139 Å². The van der Waals surface area contributed by atoms with Crippen molar-refractivity contribution >= 4 is 43.8 Å². The molecule has 0 aliphatic heterocycles. The monoisotopic (exact) mass is 936 g/mol. The summed E-state index contributed by atoms with van der Waals surface area (Å²) >= 11 is -3.99. The van der Waals surface area contributed by atoms with E-state index in [1.807, 2.05) is 11.1 Å². The zero-order chi connectivity index (χ0) is 40.2. The second-order valence-electron chi connectivity index (χ2n) is 21.0. The Morgan fingerprint density at radius 3 is 1.18 bits per heavy atom. The zero-order valence-electron chi connectivity index (χ0n) is 37.7. The summed E-state index contributed by atoms with van der Waals surface area (Å²) in [7, 11) is 0. The first-order valence-electron chi connectivity index (χ1n) is 24.0. The van der Waals surface area contributed by atoms with E-state index in [4.69, 9.17) is 0 Å². The van der Waals surface area contributed by atoms with Crippen molar-refractivity contribution in [3.05, 3.63) is 130 Å². The third-order valence-corrected chi connectivity index (χ3v) is 33.4. The molecule has 0 N–H and O–H groups in total. The molecule has 322 valence electrons. The Bertz CT molecular complexity index is 2010. The summed E-state index contributed by atoms with van der Waals surface area (Å²) in [6, 6.07) is 37.6. The molecule has 0 aromatic heterocycles. The van der Waals surface area contributed by atoms with Crippen molar-refractivity contribution in [2.75, 3.05) is 0 Å². The van der Waals surface area contributed by atoms with Crippen molar-refractivity contribution in [1.82, 2.24) is 0 Å². The minimum Gasteiger partial charge on any atom is -0.147 e. The summed E-state index contributed by atoms with van der Waals surface area (Å²) in [6.45, 7) is 7.54. The van der Waals surface area contributed by atoms with Gasteiger partial charge < -0.3 is 0 Å². The predicted molar refractivity (Wildman–Crippen MR) is 269 cm³/mol. The Morgan fingerprint density at radius 2 is 0.833 bits per heavy atom. The number of halogens is 2. The Kier molecular flexibility index (Phi) is 16.0. The van der Waals surface area contributed by atoms with Gasteiger partial charge in [-0.2, -0.15) is 0 Å². The van der Waals surface area contributed by atoms with Crippen molar-refractivity contribution in [3.63, 3.8) is 0 Å². The number of benzene rings is 4. The Hall–Kier alpha value is -1.96. The molecule has 0 saturated heterocycles. The first-order chi connectivity index (χ1) is 28.1. The van der Waals surface area contributed by atoms with E-state index in [0.29, 0.717) is 18.1 Å². The Morgan fingerprint density at radius 1 is 0.483 bits per heavy atom. The normalized spacial score (nSPS) is 21.4. The molecular weight excluding hydrogens is 863 g/mol. The summed E-state index contributed by atoms with van der Waals surface area (Å²) in [5, 5.41) is 0. The molecule has 0 heterocycles. The van der Waals surface area contributed by atoms with Crippen LogP contribution in [-0.4, -0.2) is 6.88 Å². The van der Waals surface area contributed by atoms with Crippen LogP contribution in [0.1, 0.15) is 172 Å². The average molecular weight is 939 g/mol. The van der Waals surface area contributed by atoms with Crippen molar-refractivity contribution in [2.24, 2.45) is 10.8 Å². The Labute approximate surface area is 380 Å². The van der Waals surface area contributed by atoms with E-state index in [1.54, 1.807) is 22.3 Å². The molecule has 0 bridgehead atoms. The molecule has 60 heavy (non-hydrogen) atoms. The van der Waals surface area contributed by atoms with Crippen LogP contribution in [0.4, 0.5) is 0 Å². The van der Waals surface area contributed by atoms with Gasteiger partial charge in [-0.05, 0) is 0 Å². The van der Waals surface area contributed by atoms with Crippen LogP contribution in [0.2, 0.25) is 9.26 Å². The van der Waals surface area contributed by atoms with E-state index in [9.17, 15) is 0 Å². The smallest absolute Gasteiger partial charge is 0.147 e. The maximum absolute atomic E-state index is 3.99. The van der Waals surface area contributed by atoms with Crippen molar-refractivity contribution in [1.29, 1.82) is 0 Å². The second-order valence-corrected chi connectivity index (χ2v) is 51.5. The summed E-state index contributed by atoms with van der Waals surface area (Å²) in [5.74, 6) is 0. The first-order valence-corrected chi connectivity index (χ1v) is 37.7. The van der Waals surface area contributed by atoms with E-state index in [0.717, 1.165) is 0 Å². The maximum Gasteiger partial charge on any atom is -0.147 e. The van der Waals surface area contributed by atoms with Gasteiger partial charge in [0, 0.05) is 0 Å². The molecule has 0 amide bonds. The van der Waals surface area contributed by atoms with Gasteiger partial charge in [-0.3, -0.25) is 0 Å². The predicted octanol–water partition coefficient (Wildman–Crippen LogP) is 17.6. The molecule has 4 aliphatic rings. The topological polar surface area (TPSA) is 0 Å². The van der Waals surface area contributed by atoms with E-state index in [-0.39, 0.29) is 24.8 Å². The SMILES string of the molecule is CCCC1(CC2=Cc3c(-c4ccccc4)cccc3[CH]2[Zr]([CH3])([CH3])(=[SiH2])[CH]2C(CC3(CCC)CCCCCCC3)=Cc3c(-c4ccccc4)cccc32)CCCCCCC1.Cl.Cl. The number of hydrogen-bond acceptors (Lipinski definition) is 0. The molecule has 0 spiro atoms. The molecule has 4 aromatic carbocycles. The van der Waals surface area contributed by atoms with Crippen LogP contribution in [0.15, 0.2) is 108 Å². The molecule has 0 nitrogen and oxygen atoms in total. The third kappa shape index (κ3) is 9.74. The summed E-state index contributed by atoms with van der Waals surface area (Å²) in [6.07, 6.45) is 33.4. The van der Waals surface area contributed by atoms with E-state index >= 15 is 0 Å². The summed E-state index contributed by atoms with van der Waals surface area (Å²) in [5.41, 5.74) is 16.5. The van der Waals surface area contributed by atoms with Crippen molar-refractivity contribution in [3.8, 4) is 22.3 Å². The van der Waals surface area contributed by atoms with Crippen LogP contribution in [0.5, 0.6) is 0 Å². The molecule has 4 aromatic rings. The minimum atomic E-state index is -3.99. The van der Waals surface area contributed by atoms with Gasteiger partial charge in [0.25, 0.3) is 0 Å². The number of fused-ring (bicyclic) bond motifs is 2. The van der Waals surface area contributed by atoms with Crippen LogP contribution in [0.25, 0.3) is 34.4 Å². The quantitative estimate of drug-likeness (QED) is 0.124. The largest absolute Gasteiger partial charge is 0.147 e. The Balaban J connectivity index is 0.00000302. The van der Waals surface area contributed by atoms with Crippen LogP contribution in [0, 0.1) is 10.8 Å². The number of allylic oxidation sites excluding steroid dienone is 2. The first kappa shape index (κ1) is 47.5. The summed E-state index contributed by atoms with van der Waals surface area (Å²) in [4.78, 5) is 0. The van der Waals surface area contributed by atoms with Crippen molar-refractivity contribution < 1.29 is 17.4 Å². The molecule has 2 unspecified atom stereocenters. The maximum atomic E-state index is 2.95. The molecule has 0 radical (unpaired) electrons. The molecule has 8 rings (SSSR count). The zero-order valence-corrected chi connectivity index (χ0v) is 43.2. The van der Waals surface area contributed by atoms with Gasteiger partial charge >= 0.3 is 359 Å². The van der Waals surface area contributed by atoms with E-state index in [1.165, 1.54) is 151 Å². The fourth-order valence-corrected chi connectivity index (χ4v) is 33.3. The van der Waals surface area contributed by atoms with Gasteiger partial charge in [-0.15, -0.1) is 24.8 Å². The van der Waals surface area contributed by atoms with Gasteiger partial charge in [-0.25, -0.2) is 0 Å².